The van der Waals surface area contributed by atoms with Crippen molar-refractivity contribution < 1.29 is 0 Å². The maximum atomic E-state index is 4.88. The van der Waals surface area contributed by atoms with Gasteiger partial charge in [0.2, 0.25) is 0 Å². The van der Waals surface area contributed by atoms with Crippen LogP contribution in [0.3, 0.4) is 0 Å². The highest BCUT2D eigenvalue weighted by Crippen LogP contribution is 2.39. The zero-order valence-electron chi connectivity index (χ0n) is 13.6. The van der Waals surface area contributed by atoms with Gasteiger partial charge in [0.05, 0.1) is 0 Å². The van der Waals surface area contributed by atoms with Gasteiger partial charge in [-0.15, -0.1) is 0 Å². The molecule has 4 nitrogen and oxygen atoms in total. The largest absolute Gasteiger partial charge is 0.370 e. The number of anilines is 2. The minimum atomic E-state index is 0.492. The van der Waals surface area contributed by atoms with E-state index in [4.69, 9.17) is 9.97 Å². The monoisotopic (exact) mass is 288 g/mol. The quantitative estimate of drug-likeness (QED) is 0.790. The molecule has 0 aliphatic heterocycles. The second-order valence-corrected chi connectivity index (χ2v) is 6.86. The molecule has 0 bridgehead atoms. The smallest absolute Gasteiger partial charge is 0.136 e. The van der Waals surface area contributed by atoms with Crippen molar-refractivity contribution in [2.45, 2.75) is 64.8 Å². The van der Waals surface area contributed by atoms with Gasteiger partial charge in [-0.2, -0.15) is 0 Å². The van der Waals surface area contributed by atoms with Crippen LogP contribution in [0.1, 0.15) is 64.6 Å². The molecule has 1 aromatic heterocycles. The van der Waals surface area contributed by atoms with Crippen molar-refractivity contribution in [1.29, 1.82) is 0 Å². The zero-order valence-corrected chi connectivity index (χ0v) is 13.6. The molecule has 0 spiro atoms. The van der Waals surface area contributed by atoms with Crippen LogP contribution in [0.4, 0.5) is 11.6 Å². The van der Waals surface area contributed by atoms with E-state index < -0.39 is 0 Å². The lowest BCUT2D eigenvalue weighted by Crippen LogP contribution is -2.33. The van der Waals surface area contributed by atoms with Crippen molar-refractivity contribution >= 4 is 11.6 Å². The molecule has 21 heavy (non-hydrogen) atoms. The number of nitrogens with one attached hydrogen (secondary N) is 1. The molecule has 2 saturated carbocycles. The normalized spacial score (nSPS) is 18.1. The van der Waals surface area contributed by atoms with Gasteiger partial charge < -0.3 is 10.2 Å². The summed E-state index contributed by atoms with van der Waals surface area (Å²) in [5.41, 5.74) is 0. The number of hydrogen-bond donors (Lipinski definition) is 1. The third kappa shape index (κ3) is 3.86. The van der Waals surface area contributed by atoms with Crippen LogP contribution < -0.4 is 10.2 Å². The molecule has 1 N–H and O–H groups in total. The third-order valence-corrected chi connectivity index (χ3v) is 4.30. The standard InChI is InChI=1S/C17H28N4/c1-4-9-18-15-10-16(20-17(19-15)14-7-8-14)21(12(2)3)11-13-5-6-13/h10,12-14H,4-9,11H2,1-3H3,(H,18,19,20). The molecule has 2 fully saturated rings. The van der Waals surface area contributed by atoms with Gasteiger partial charge in [-0.25, -0.2) is 9.97 Å². The number of nitrogens with zero attached hydrogens (tertiary/aromatic N) is 3. The summed E-state index contributed by atoms with van der Waals surface area (Å²) < 4.78 is 0. The average molecular weight is 288 g/mol. The number of hydrogen-bond acceptors (Lipinski definition) is 4. The Kier molecular flexibility index (Phi) is 4.32. The first-order chi connectivity index (χ1) is 10.2. The van der Waals surface area contributed by atoms with Crippen LogP contribution in [0, 0.1) is 5.92 Å². The van der Waals surface area contributed by atoms with Crippen LogP contribution in [0.15, 0.2) is 6.07 Å². The second kappa shape index (κ2) is 6.20. The summed E-state index contributed by atoms with van der Waals surface area (Å²) in [7, 11) is 0. The molecule has 0 amide bonds. The second-order valence-electron chi connectivity index (χ2n) is 6.86. The van der Waals surface area contributed by atoms with Gasteiger partial charge in [-0.05, 0) is 51.9 Å². The third-order valence-electron chi connectivity index (χ3n) is 4.30. The van der Waals surface area contributed by atoms with Gasteiger partial charge in [-0.3, -0.25) is 0 Å². The maximum absolute atomic E-state index is 4.88. The fourth-order valence-electron chi connectivity index (χ4n) is 2.61. The Morgan fingerprint density at radius 2 is 2.00 bits per heavy atom. The van der Waals surface area contributed by atoms with Crippen LogP contribution in [0.5, 0.6) is 0 Å². The molecule has 0 radical (unpaired) electrons. The molecule has 3 rings (SSSR count). The van der Waals surface area contributed by atoms with Gasteiger partial charge in [0.1, 0.15) is 17.5 Å². The molecule has 1 heterocycles. The average Bonchev–Trinajstić information content (AvgIpc) is 3.35. The van der Waals surface area contributed by atoms with E-state index in [2.05, 4.69) is 37.1 Å². The Bertz CT molecular complexity index is 478. The van der Waals surface area contributed by atoms with Crippen molar-refractivity contribution in [2.24, 2.45) is 5.92 Å². The van der Waals surface area contributed by atoms with Crippen molar-refractivity contribution in [2.75, 3.05) is 23.3 Å². The molecule has 0 unspecified atom stereocenters. The zero-order chi connectivity index (χ0) is 14.8. The molecule has 2 aliphatic carbocycles. The Balaban J connectivity index is 1.84. The van der Waals surface area contributed by atoms with Crippen LogP contribution in [-0.2, 0) is 0 Å². The summed E-state index contributed by atoms with van der Waals surface area (Å²) in [6, 6.07) is 2.63. The molecular formula is C17H28N4. The summed E-state index contributed by atoms with van der Waals surface area (Å²) >= 11 is 0. The van der Waals surface area contributed by atoms with E-state index in [0.29, 0.717) is 12.0 Å². The van der Waals surface area contributed by atoms with Crippen molar-refractivity contribution in [3.05, 3.63) is 11.9 Å². The van der Waals surface area contributed by atoms with Gasteiger partial charge in [0, 0.05) is 31.1 Å². The Morgan fingerprint density at radius 1 is 1.24 bits per heavy atom. The molecule has 1 aromatic rings. The van der Waals surface area contributed by atoms with E-state index in [1.54, 1.807) is 0 Å². The summed E-state index contributed by atoms with van der Waals surface area (Å²) in [6.45, 7) is 8.84. The lowest BCUT2D eigenvalue weighted by molar-refractivity contribution is 0.633. The maximum Gasteiger partial charge on any atom is 0.136 e. The van der Waals surface area contributed by atoms with Crippen LogP contribution in [-0.4, -0.2) is 29.1 Å². The van der Waals surface area contributed by atoms with Crippen molar-refractivity contribution in [3.63, 3.8) is 0 Å². The van der Waals surface area contributed by atoms with E-state index in [1.165, 1.54) is 25.7 Å². The predicted molar refractivity (Wildman–Crippen MR) is 88.0 cm³/mol. The van der Waals surface area contributed by atoms with Gasteiger partial charge in [-0.1, -0.05) is 6.92 Å². The summed E-state index contributed by atoms with van der Waals surface area (Å²) in [5, 5.41) is 3.44. The highest BCUT2D eigenvalue weighted by Gasteiger charge is 2.30. The van der Waals surface area contributed by atoms with Crippen molar-refractivity contribution in [1.82, 2.24) is 9.97 Å². The van der Waals surface area contributed by atoms with E-state index in [1.807, 2.05) is 0 Å². The minimum Gasteiger partial charge on any atom is -0.370 e. The Labute approximate surface area is 128 Å². The highest BCUT2D eigenvalue weighted by molar-refractivity contribution is 5.50. The molecule has 4 heteroatoms. The van der Waals surface area contributed by atoms with Crippen LogP contribution >= 0.6 is 0 Å². The predicted octanol–water partition coefficient (Wildman–Crippen LogP) is 3.80. The van der Waals surface area contributed by atoms with Crippen LogP contribution in [0.25, 0.3) is 0 Å². The molecule has 116 valence electrons. The van der Waals surface area contributed by atoms with Gasteiger partial charge in [0.15, 0.2) is 0 Å². The van der Waals surface area contributed by atoms with E-state index >= 15 is 0 Å². The van der Waals surface area contributed by atoms with E-state index in [9.17, 15) is 0 Å². The summed E-state index contributed by atoms with van der Waals surface area (Å²) in [5.74, 6) is 4.64. The topological polar surface area (TPSA) is 41.0 Å². The lowest BCUT2D eigenvalue weighted by Gasteiger charge is -2.28. The number of aromatic nitrogens is 2. The fraction of sp³-hybridized carbons (Fsp3) is 0.765. The first kappa shape index (κ1) is 14.6. The first-order valence-corrected chi connectivity index (χ1v) is 8.57. The molecule has 0 aromatic carbocycles. The van der Waals surface area contributed by atoms with E-state index in [-0.39, 0.29) is 0 Å². The molecule has 0 atom stereocenters. The van der Waals surface area contributed by atoms with Gasteiger partial charge in [0.25, 0.3) is 0 Å². The molecule has 0 saturated heterocycles. The highest BCUT2D eigenvalue weighted by atomic mass is 15.2. The lowest BCUT2D eigenvalue weighted by atomic mass is 10.2. The molecular weight excluding hydrogens is 260 g/mol. The summed E-state index contributed by atoms with van der Waals surface area (Å²) in [6.07, 6.45) is 6.38. The fourth-order valence-corrected chi connectivity index (χ4v) is 2.61. The Hall–Kier alpha value is -1.32. The minimum absolute atomic E-state index is 0.492. The van der Waals surface area contributed by atoms with Gasteiger partial charge >= 0.3 is 0 Å². The number of rotatable bonds is 8. The first-order valence-electron chi connectivity index (χ1n) is 8.57. The Morgan fingerprint density at radius 3 is 2.57 bits per heavy atom. The van der Waals surface area contributed by atoms with Crippen molar-refractivity contribution in [3.8, 4) is 0 Å². The SMILES string of the molecule is CCCNc1cc(N(CC2CC2)C(C)C)nc(C2CC2)n1. The van der Waals surface area contributed by atoms with Crippen LogP contribution in [0.2, 0.25) is 0 Å². The van der Waals surface area contributed by atoms with E-state index in [0.717, 1.165) is 42.9 Å². The molecule has 2 aliphatic rings. The summed E-state index contributed by atoms with van der Waals surface area (Å²) in [4.78, 5) is 12.1.